The molecule has 0 spiro atoms. The van der Waals surface area contributed by atoms with E-state index in [0.717, 1.165) is 16.7 Å². The number of nitrogens with one attached hydrogen (secondary N) is 1. The highest BCUT2D eigenvalue weighted by atomic mass is 79.9. The number of halogens is 1. The second-order valence-corrected chi connectivity index (χ2v) is 3.87. The van der Waals surface area contributed by atoms with Gasteiger partial charge < -0.3 is 14.8 Å². The first kappa shape index (κ1) is 12.5. The number of para-hydroxylation sites is 1. The molecule has 15 heavy (non-hydrogen) atoms. The van der Waals surface area contributed by atoms with Gasteiger partial charge in [0.1, 0.15) is 0 Å². The third-order valence-electron chi connectivity index (χ3n) is 1.87. The minimum Gasteiger partial charge on any atom is -0.382 e. The van der Waals surface area contributed by atoms with E-state index in [1.54, 1.807) is 7.11 Å². The number of methoxy groups -OCH3 is 1. The Hall–Kier alpha value is -0.580. The molecule has 0 saturated heterocycles. The van der Waals surface area contributed by atoms with Gasteiger partial charge in [-0.15, -0.1) is 0 Å². The molecule has 3 nitrogen and oxygen atoms in total. The maximum absolute atomic E-state index is 5.33. The van der Waals surface area contributed by atoms with E-state index in [4.69, 9.17) is 9.47 Å². The highest BCUT2D eigenvalue weighted by molar-refractivity contribution is 9.10. The van der Waals surface area contributed by atoms with Gasteiger partial charge in [-0.1, -0.05) is 12.1 Å². The number of hydrogen-bond donors (Lipinski definition) is 1. The molecule has 1 aromatic rings. The van der Waals surface area contributed by atoms with Gasteiger partial charge in [0, 0.05) is 23.8 Å². The highest BCUT2D eigenvalue weighted by Gasteiger charge is 1.96. The lowest BCUT2D eigenvalue weighted by Crippen LogP contribution is -2.12. The summed E-state index contributed by atoms with van der Waals surface area (Å²) < 4.78 is 11.3. The standard InChI is InChI=1S/C11H16BrNO2/c1-14-8-9-15-7-6-13-11-5-3-2-4-10(11)12/h2-5,13H,6-9H2,1H3. The second-order valence-electron chi connectivity index (χ2n) is 3.01. The maximum atomic E-state index is 5.33. The minimum absolute atomic E-state index is 0.647. The van der Waals surface area contributed by atoms with Crippen molar-refractivity contribution in [1.29, 1.82) is 0 Å². The van der Waals surface area contributed by atoms with Crippen molar-refractivity contribution in [2.45, 2.75) is 0 Å². The monoisotopic (exact) mass is 273 g/mol. The van der Waals surface area contributed by atoms with Gasteiger partial charge in [0.2, 0.25) is 0 Å². The predicted octanol–water partition coefficient (Wildman–Crippen LogP) is 2.52. The molecule has 0 aromatic heterocycles. The number of ether oxygens (including phenoxy) is 2. The van der Waals surface area contributed by atoms with Gasteiger partial charge in [-0.25, -0.2) is 0 Å². The van der Waals surface area contributed by atoms with Gasteiger partial charge in [0.25, 0.3) is 0 Å². The molecule has 4 heteroatoms. The Morgan fingerprint density at radius 2 is 2.00 bits per heavy atom. The first-order valence-electron chi connectivity index (χ1n) is 4.89. The van der Waals surface area contributed by atoms with Crippen LogP contribution in [0, 0.1) is 0 Å². The van der Waals surface area contributed by atoms with Crippen LogP contribution in [0.15, 0.2) is 28.7 Å². The van der Waals surface area contributed by atoms with E-state index < -0.39 is 0 Å². The van der Waals surface area contributed by atoms with Crippen LogP contribution in [0.25, 0.3) is 0 Å². The Labute approximate surface area is 98.9 Å². The van der Waals surface area contributed by atoms with E-state index in [-0.39, 0.29) is 0 Å². The lowest BCUT2D eigenvalue weighted by molar-refractivity contribution is 0.0759. The summed E-state index contributed by atoms with van der Waals surface area (Å²) in [6, 6.07) is 8.02. The smallest absolute Gasteiger partial charge is 0.0701 e. The Bertz CT molecular complexity index is 281. The van der Waals surface area contributed by atoms with Crippen molar-refractivity contribution in [2.24, 2.45) is 0 Å². The van der Waals surface area contributed by atoms with Gasteiger partial charge in [-0.2, -0.15) is 0 Å². The highest BCUT2D eigenvalue weighted by Crippen LogP contribution is 2.20. The summed E-state index contributed by atoms with van der Waals surface area (Å²) >= 11 is 3.47. The summed E-state index contributed by atoms with van der Waals surface area (Å²) in [4.78, 5) is 0. The third-order valence-corrected chi connectivity index (χ3v) is 2.56. The summed E-state index contributed by atoms with van der Waals surface area (Å²) in [6.45, 7) is 2.78. The van der Waals surface area contributed by atoms with Crippen LogP contribution in [0.5, 0.6) is 0 Å². The lowest BCUT2D eigenvalue weighted by Gasteiger charge is -2.08. The lowest BCUT2D eigenvalue weighted by atomic mass is 10.3. The average Bonchev–Trinajstić information content (AvgIpc) is 2.25. The molecule has 0 radical (unpaired) electrons. The zero-order chi connectivity index (χ0) is 10.9. The fraction of sp³-hybridized carbons (Fsp3) is 0.455. The summed E-state index contributed by atoms with van der Waals surface area (Å²) in [6.07, 6.45) is 0. The summed E-state index contributed by atoms with van der Waals surface area (Å²) in [7, 11) is 1.67. The number of rotatable bonds is 7. The van der Waals surface area contributed by atoms with Crippen LogP contribution in [-0.2, 0) is 9.47 Å². The van der Waals surface area contributed by atoms with E-state index in [9.17, 15) is 0 Å². The largest absolute Gasteiger partial charge is 0.382 e. The second kappa shape index (κ2) is 7.68. The SMILES string of the molecule is COCCOCCNc1ccccc1Br. The van der Waals surface area contributed by atoms with Crippen LogP contribution in [0.1, 0.15) is 0 Å². The van der Waals surface area contributed by atoms with E-state index in [1.807, 2.05) is 24.3 Å². The van der Waals surface area contributed by atoms with Crippen LogP contribution in [0.2, 0.25) is 0 Å². The Kier molecular flexibility index (Phi) is 6.39. The van der Waals surface area contributed by atoms with Crippen molar-refractivity contribution in [3.8, 4) is 0 Å². The van der Waals surface area contributed by atoms with E-state index >= 15 is 0 Å². The molecule has 84 valence electrons. The maximum Gasteiger partial charge on any atom is 0.0701 e. The number of benzene rings is 1. The summed E-state index contributed by atoms with van der Waals surface area (Å²) in [5.41, 5.74) is 1.09. The van der Waals surface area contributed by atoms with Crippen molar-refractivity contribution in [3.63, 3.8) is 0 Å². The molecule has 0 amide bonds. The molecule has 0 heterocycles. The quantitative estimate of drug-likeness (QED) is 0.775. The van der Waals surface area contributed by atoms with E-state index in [1.165, 1.54) is 0 Å². The summed E-state index contributed by atoms with van der Waals surface area (Å²) in [5.74, 6) is 0. The van der Waals surface area contributed by atoms with Crippen molar-refractivity contribution in [1.82, 2.24) is 0 Å². The first-order chi connectivity index (χ1) is 7.34. The average molecular weight is 274 g/mol. The summed E-state index contributed by atoms with van der Waals surface area (Å²) in [5, 5.41) is 3.28. The molecular weight excluding hydrogens is 258 g/mol. The number of hydrogen-bond acceptors (Lipinski definition) is 3. The molecule has 0 fully saturated rings. The Balaban J connectivity index is 2.12. The zero-order valence-electron chi connectivity index (χ0n) is 8.83. The van der Waals surface area contributed by atoms with Gasteiger partial charge >= 0.3 is 0 Å². The Morgan fingerprint density at radius 1 is 1.20 bits per heavy atom. The fourth-order valence-corrected chi connectivity index (χ4v) is 1.53. The van der Waals surface area contributed by atoms with Crippen LogP contribution in [0.4, 0.5) is 5.69 Å². The molecule has 0 bridgehead atoms. The third kappa shape index (κ3) is 5.16. The van der Waals surface area contributed by atoms with Crippen LogP contribution < -0.4 is 5.32 Å². The van der Waals surface area contributed by atoms with Gasteiger partial charge in [-0.3, -0.25) is 0 Å². The molecule has 0 aliphatic carbocycles. The van der Waals surface area contributed by atoms with Crippen molar-refractivity contribution < 1.29 is 9.47 Å². The molecule has 0 aliphatic heterocycles. The van der Waals surface area contributed by atoms with Crippen molar-refractivity contribution in [3.05, 3.63) is 28.7 Å². The molecule has 0 saturated carbocycles. The Morgan fingerprint density at radius 3 is 2.73 bits per heavy atom. The van der Waals surface area contributed by atoms with Crippen molar-refractivity contribution >= 4 is 21.6 Å². The van der Waals surface area contributed by atoms with E-state index in [0.29, 0.717) is 19.8 Å². The van der Waals surface area contributed by atoms with E-state index in [2.05, 4.69) is 21.2 Å². The van der Waals surface area contributed by atoms with Crippen LogP contribution in [-0.4, -0.2) is 33.5 Å². The normalized spacial score (nSPS) is 10.3. The van der Waals surface area contributed by atoms with Gasteiger partial charge in [-0.05, 0) is 28.1 Å². The van der Waals surface area contributed by atoms with Crippen molar-refractivity contribution in [2.75, 3.05) is 38.8 Å². The van der Waals surface area contributed by atoms with Crippen LogP contribution in [0.3, 0.4) is 0 Å². The molecule has 0 aliphatic rings. The van der Waals surface area contributed by atoms with Gasteiger partial charge in [0.05, 0.1) is 19.8 Å². The molecule has 0 atom stereocenters. The molecular formula is C11H16BrNO2. The minimum atomic E-state index is 0.647. The predicted molar refractivity (Wildman–Crippen MR) is 65.3 cm³/mol. The first-order valence-corrected chi connectivity index (χ1v) is 5.69. The van der Waals surface area contributed by atoms with Gasteiger partial charge in [0.15, 0.2) is 0 Å². The van der Waals surface area contributed by atoms with Crippen LogP contribution >= 0.6 is 15.9 Å². The fourth-order valence-electron chi connectivity index (χ4n) is 1.11. The molecule has 0 unspecified atom stereocenters. The molecule has 1 rings (SSSR count). The zero-order valence-corrected chi connectivity index (χ0v) is 10.4. The molecule has 1 aromatic carbocycles. The number of anilines is 1. The topological polar surface area (TPSA) is 30.5 Å². The molecule has 1 N–H and O–H groups in total.